The molecule has 0 bridgehead atoms. The number of methoxy groups -OCH3 is 6. The number of nitrogen functional groups attached to an aromatic ring is 1. The van der Waals surface area contributed by atoms with E-state index in [0.717, 1.165) is 22.4 Å². The number of benzene rings is 2. The molecule has 2 aromatic rings. The van der Waals surface area contributed by atoms with E-state index < -0.39 is 5.97 Å². The highest BCUT2D eigenvalue weighted by Crippen LogP contribution is 2.41. The van der Waals surface area contributed by atoms with Gasteiger partial charge in [-0.2, -0.15) is 0 Å². The van der Waals surface area contributed by atoms with Crippen LogP contribution in [0.1, 0.15) is 58.3 Å². The van der Waals surface area contributed by atoms with Gasteiger partial charge in [0.05, 0.1) is 58.0 Å². The van der Waals surface area contributed by atoms with Crippen molar-refractivity contribution >= 4 is 11.7 Å². The molecule has 272 valence electrons. The Bertz CT molecular complexity index is 1400. The quantitative estimate of drug-likeness (QED) is 0.0594. The second kappa shape index (κ2) is 20.6. The van der Waals surface area contributed by atoms with Crippen molar-refractivity contribution in [2.75, 3.05) is 48.4 Å². The maximum atomic E-state index is 11.3. The molecule has 0 aliphatic carbocycles. The number of ether oxygens (including phenoxy) is 7. The molecule has 7 atom stereocenters. The molecule has 10 heteroatoms. The van der Waals surface area contributed by atoms with E-state index in [1.165, 1.54) is 0 Å². The number of hydrogen-bond acceptors (Lipinski definition) is 9. The van der Waals surface area contributed by atoms with Crippen LogP contribution in [0.5, 0.6) is 17.2 Å². The van der Waals surface area contributed by atoms with Crippen molar-refractivity contribution in [3.63, 3.8) is 0 Å². The molecule has 2 aromatic carbocycles. The van der Waals surface area contributed by atoms with E-state index in [1.807, 2.05) is 36.4 Å². The highest BCUT2D eigenvalue weighted by Gasteiger charge is 2.33. The van der Waals surface area contributed by atoms with E-state index >= 15 is 0 Å². The summed E-state index contributed by atoms with van der Waals surface area (Å²) in [4.78, 5) is 11.3. The minimum atomic E-state index is -0.953. The van der Waals surface area contributed by atoms with Gasteiger partial charge in [0, 0.05) is 50.4 Å². The molecule has 0 heterocycles. The van der Waals surface area contributed by atoms with Crippen LogP contribution in [0.15, 0.2) is 71.8 Å². The Morgan fingerprint density at radius 3 is 2.04 bits per heavy atom. The van der Waals surface area contributed by atoms with Gasteiger partial charge in [-0.1, -0.05) is 57.2 Å². The van der Waals surface area contributed by atoms with Crippen molar-refractivity contribution in [2.45, 2.75) is 72.1 Å². The average molecular weight is 684 g/mol. The van der Waals surface area contributed by atoms with Crippen molar-refractivity contribution in [1.82, 2.24) is 0 Å². The van der Waals surface area contributed by atoms with Gasteiger partial charge in [-0.3, -0.25) is 0 Å². The number of anilines is 1. The van der Waals surface area contributed by atoms with Crippen LogP contribution in [0.3, 0.4) is 0 Å². The number of allylic oxidation sites excluding steroid dienone is 2. The number of hydrogen-bond donors (Lipinski definition) is 2. The summed E-state index contributed by atoms with van der Waals surface area (Å²) in [5.41, 5.74) is 9.85. The van der Waals surface area contributed by atoms with Gasteiger partial charge >= 0.3 is 5.97 Å². The lowest BCUT2D eigenvalue weighted by molar-refractivity contribution is -0.132. The first-order valence-corrected chi connectivity index (χ1v) is 16.5. The smallest absolute Gasteiger partial charge is 0.331 e. The Morgan fingerprint density at radius 2 is 1.51 bits per heavy atom. The van der Waals surface area contributed by atoms with E-state index in [1.54, 1.807) is 67.8 Å². The molecule has 3 N–H and O–H groups in total. The number of carbonyl (C=O) groups is 1. The lowest BCUT2D eigenvalue weighted by atomic mass is 9.86. The molecular formula is C39H57NO9. The lowest BCUT2D eigenvalue weighted by Crippen LogP contribution is -2.37. The van der Waals surface area contributed by atoms with Gasteiger partial charge in [-0.25, -0.2) is 4.79 Å². The highest BCUT2D eigenvalue weighted by atomic mass is 16.5. The molecule has 0 saturated heterocycles. The summed E-state index contributed by atoms with van der Waals surface area (Å²) in [7, 11) is 9.88. The molecule has 0 fully saturated rings. The molecule has 0 spiro atoms. The number of aliphatic carboxylic acids is 1. The average Bonchev–Trinajstić information content (AvgIpc) is 3.08. The highest BCUT2D eigenvalue weighted by molar-refractivity contribution is 5.86. The molecule has 2 rings (SSSR count). The first-order chi connectivity index (χ1) is 23.3. The van der Waals surface area contributed by atoms with E-state index in [0.29, 0.717) is 30.2 Å². The second-order valence-corrected chi connectivity index (χ2v) is 12.4. The summed E-state index contributed by atoms with van der Waals surface area (Å²) in [5.74, 6) is 0.869. The maximum absolute atomic E-state index is 11.3. The van der Waals surface area contributed by atoms with Crippen molar-refractivity contribution < 1.29 is 43.1 Å². The fourth-order valence-electron chi connectivity index (χ4n) is 6.19. The normalized spacial score (nSPS) is 16.8. The Labute approximate surface area is 292 Å². The molecule has 0 unspecified atom stereocenters. The molecule has 0 amide bonds. The predicted molar refractivity (Wildman–Crippen MR) is 193 cm³/mol. The van der Waals surface area contributed by atoms with Crippen LogP contribution in [0.4, 0.5) is 5.69 Å². The topological polar surface area (TPSA) is 128 Å². The van der Waals surface area contributed by atoms with E-state index in [-0.39, 0.29) is 47.7 Å². The molecule has 0 aliphatic rings. The first kappa shape index (κ1) is 41.3. The number of nitrogens with two attached hydrogens (primary N) is 1. The van der Waals surface area contributed by atoms with Crippen molar-refractivity contribution in [2.24, 2.45) is 17.8 Å². The maximum Gasteiger partial charge on any atom is 0.331 e. The Kier molecular flexibility index (Phi) is 17.4. The molecule has 0 saturated carbocycles. The minimum Gasteiger partial charge on any atom is -0.497 e. The monoisotopic (exact) mass is 683 g/mol. The third-order valence-electron chi connectivity index (χ3n) is 8.84. The SMILES string of the molecule is COc1ccc(CO[C@@H](/C(C)=C/[C@H](C)[C@@H](OC)[C@H](C[C@H](C)[C@@H](OC)c2cc(OC)cc(N)c2OC)OC)[C@@H](C)/C=C\C=C(/C)C(=O)O)cc1. The zero-order valence-electron chi connectivity index (χ0n) is 31.0. The fraction of sp³-hybridized carbons (Fsp3) is 0.513. The van der Waals surface area contributed by atoms with Crippen molar-refractivity contribution in [3.8, 4) is 17.2 Å². The molecule has 0 radical (unpaired) electrons. The van der Waals surface area contributed by atoms with Crippen LogP contribution in [-0.2, 0) is 30.3 Å². The molecule has 0 aliphatic heterocycles. The second-order valence-electron chi connectivity index (χ2n) is 12.4. The summed E-state index contributed by atoms with van der Waals surface area (Å²) in [6, 6.07) is 11.4. The number of carboxylic acid groups (broad SMARTS) is 1. The van der Waals surface area contributed by atoms with Gasteiger partial charge in [0.1, 0.15) is 17.2 Å². The summed E-state index contributed by atoms with van der Waals surface area (Å²) in [6.07, 6.45) is 6.92. The Balaban J connectivity index is 2.36. The van der Waals surface area contributed by atoms with Crippen molar-refractivity contribution in [1.29, 1.82) is 0 Å². The fourth-order valence-corrected chi connectivity index (χ4v) is 6.19. The predicted octanol–water partition coefficient (Wildman–Crippen LogP) is 7.43. The van der Waals surface area contributed by atoms with Gasteiger partial charge in [-0.05, 0) is 55.5 Å². The van der Waals surface area contributed by atoms with Gasteiger partial charge < -0.3 is 44.0 Å². The van der Waals surface area contributed by atoms with Gasteiger partial charge in [0.15, 0.2) is 0 Å². The minimum absolute atomic E-state index is 0.0154. The van der Waals surface area contributed by atoms with Gasteiger partial charge in [-0.15, -0.1) is 0 Å². The summed E-state index contributed by atoms with van der Waals surface area (Å²) in [6.45, 7) is 10.3. The molecule has 49 heavy (non-hydrogen) atoms. The third kappa shape index (κ3) is 11.9. The van der Waals surface area contributed by atoms with Gasteiger partial charge in [0.25, 0.3) is 0 Å². The van der Waals surface area contributed by atoms with Gasteiger partial charge in [0.2, 0.25) is 0 Å². The van der Waals surface area contributed by atoms with Crippen LogP contribution < -0.4 is 19.9 Å². The largest absolute Gasteiger partial charge is 0.497 e. The molecule has 10 nitrogen and oxygen atoms in total. The third-order valence-corrected chi connectivity index (χ3v) is 8.84. The molecule has 0 aromatic heterocycles. The Hall–Kier alpha value is -3.83. The van der Waals surface area contributed by atoms with E-state index in [2.05, 4.69) is 33.8 Å². The summed E-state index contributed by atoms with van der Waals surface area (Å²) >= 11 is 0. The van der Waals surface area contributed by atoms with Crippen LogP contribution in [0, 0.1) is 17.8 Å². The Morgan fingerprint density at radius 1 is 0.857 bits per heavy atom. The first-order valence-electron chi connectivity index (χ1n) is 16.5. The summed E-state index contributed by atoms with van der Waals surface area (Å²) < 4.78 is 41.1. The lowest BCUT2D eigenvalue weighted by Gasteiger charge is -2.33. The number of carboxylic acids is 1. The number of rotatable bonds is 21. The molecular weight excluding hydrogens is 626 g/mol. The standard InChI is InChI=1S/C39H57NO9/c1-24(13-12-14-25(2)39(41)42)35(49-23-29-15-17-30(43-6)18-16-29)26(3)19-27(4)37(47-10)34(45-8)20-28(5)36(46-9)32-21-31(44-7)22-33(40)38(32)48-11/h12-19,21-22,24,27-28,34-37H,20,23,40H2,1-11H3,(H,41,42)/b13-12-,25-14+,26-19+/t24-,27-,28-,34-,35+,36+,37+/m0/s1. The van der Waals surface area contributed by atoms with Crippen molar-refractivity contribution in [3.05, 3.63) is 83.0 Å². The van der Waals surface area contributed by atoms with Crippen LogP contribution in [0.25, 0.3) is 0 Å². The van der Waals surface area contributed by atoms with Crippen LogP contribution >= 0.6 is 0 Å². The zero-order chi connectivity index (χ0) is 36.7. The van der Waals surface area contributed by atoms with Crippen LogP contribution in [0.2, 0.25) is 0 Å². The van der Waals surface area contributed by atoms with E-state index in [4.69, 9.17) is 38.9 Å². The zero-order valence-corrected chi connectivity index (χ0v) is 31.0. The van der Waals surface area contributed by atoms with Crippen LogP contribution in [-0.4, -0.2) is 72.0 Å². The summed E-state index contributed by atoms with van der Waals surface area (Å²) in [5, 5.41) is 9.25. The van der Waals surface area contributed by atoms with E-state index in [9.17, 15) is 9.90 Å².